The zero-order valence-electron chi connectivity index (χ0n) is 17.7. The third kappa shape index (κ3) is 5.26. The van der Waals surface area contributed by atoms with Crippen LogP contribution in [-0.2, 0) is 25.9 Å². The Morgan fingerprint density at radius 1 is 0.931 bits per heavy atom. The molecule has 3 rings (SSSR count). The number of aryl methyl sites for hydroxylation is 2. The number of halogens is 1. The Morgan fingerprint density at radius 3 is 2.17 bits per heavy atom. The molecule has 0 atom stereocenters. The monoisotopic (exact) mass is 452 g/mol. The van der Waals surface area contributed by atoms with E-state index >= 15 is 0 Å². The lowest BCUT2D eigenvalue weighted by atomic mass is 9.94. The fourth-order valence-corrected chi connectivity index (χ4v) is 3.99. The Hall–Kier alpha value is -2.17. The van der Waals surface area contributed by atoms with Gasteiger partial charge in [0.1, 0.15) is 5.75 Å². The van der Waals surface area contributed by atoms with Gasteiger partial charge in [-0.15, -0.1) is 0 Å². The van der Waals surface area contributed by atoms with Gasteiger partial charge in [0.25, 0.3) is 0 Å². The van der Waals surface area contributed by atoms with E-state index in [1.165, 1.54) is 22.3 Å². The number of ether oxygens (including phenoxy) is 1. The van der Waals surface area contributed by atoms with Crippen LogP contribution < -0.4 is 4.74 Å². The first-order valence-corrected chi connectivity index (χ1v) is 10.9. The molecule has 0 unspecified atom stereocenters. The van der Waals surface area contributed by atoms with Crippen molar-refractivity contribution < 1.29 is 4.74 Å². The maximum absolute atomic E-state index is 5.75. The summed E-state index contributed by atoms with van der Waals surface area (Å²) in [5, 5.41) is 0. The highest BCUT2D eigenvalue weighted by molar-refractivity contribution is 9.10. The third-order valence-electron chi connectivity index (χ3n) is 5.22. The number of nitrogens with zero attached hydrogens (tertiary/aromatic N) is 2. The SMILES string of the molecule is CCc1cccc(CC)c1-c1cc(OC)c(CN(C)Cc2ccc(Br)cc2)cn1. The van der Waals surface area contributed by atoms with E-state index in [1.54, 1.807) is 7.11 Å². The lowest BCUT2D eigenvalue weighted by Crippen LogP contribution is -2.18. The van der Waals surface area contributed by atoms with Gasteiger partial charge < -0.3 is 4.74 Å². The highest BCUT2D eigenvalue weighted by atomic mass is 79.9. The Kier molecular flexibility index (Phi) is 7.45. The van der Waals surface area contributed by atoms with Gasteiger partial charge >= 0.3 is 0 Å². The first-order valence-electron chi connectivity index (χ1n) is 10.1. The van der Waals surface area contributed by atoms with E-state index in [9.17, 15) is 0 Å². The summed E-state index contributed by atoms with van der Waals surface area (Å²) >= 11 is 3.49. The average molecular weight is 453 g/mol. The van der Waals surface area contributed by atoms with E-state index in [0.29, 0.717) is 0 Å². The van der Waals surface area contributed by atoms with E-state index in [0.717, 1.165) is 47.4 Å². The molecule has 29 heavy (non-hydrogen) atoms. The number of hydrogen-bond acceptors (Lipinski definition) is 3. The van der Waals surface area contributed by atoms with Crippen molar-refractivity contribution in [2.75, 3.05) is 14.2 Å². The molecule has 0 radical (unpaired) electrons. The van der Waals surface area contributed by atoms with Crippen LogP contribution >= 0.6 is 15.9 Å². The Balaban J connectivity index is 1.85. The van der Waals surface area contributed by atoms with Gasteiger partial charge in [0, 0.05) is 41.0 Å². The van der Waals surface area contributed by atoms with Gasteiger partial charge in [-0.2, -0.15) is 0 Å². The van der Waals surface area contributed by atoms with Crippen LogP contribution in [0.3, 0.4) is 0 Å². The molecule has 1 aromatic heterocycles. The molecular weight excluding hydrogens is 424 g/mol. The van der Waals surface area contributed by atoms with Crippen LogP contribution in [0, 0.1) is 0 Å². The lowest BCUT2D eigenvalue weighted by molar-refractivity contribution is 0.309. The fourth-order valence-electron chi connectivity index (χ4n) is 3.73. The van der Waals surface area contributed by atoms with E-state index in [2.05, 4.69) is 90.3 Å². The summed E-state index contributed by atoms with van der Waals surface area (Å²) in [6.45, 7) is 6.04. The second kappa shape index (κ2) is 10.0. The average Bonchev–Trinajstić information content (AvgIpc) is 2.75. The first kappa shape index (κ1) is 21.5. The molecule has 0 aliphatic heterocycles. The number of aromatic nitrogens is 1. The normalized spacial score (nSPS) is 11.1. The summed E-state index contributed by atoms with van der Waals surface area (Å²) in [6, 6.07) is 17.1. The molecule has 0 saturated heterocycles. The second-order valence-corrected chi connectivity index (χ2v) is 8.25. The summed E-state index contributed by atoms with van der Waals surface area (Å²) in [4.78, 5) is 7.11. The lowest BCUT2D eigenvalue weighted by Gasteiger charge is -2.20. The highest BCUT2D eigenvalue weighted by Gasteiger charge is 2.14. The van der Waals surface area contributed by atoms with Gasteiger partial charge in [0.05, 0.1) is 12.8 Å². The molecule has 3 aromatic rings. The van der Waals surface area contributed by atoms with Crippen molar-refractivity contribution in [3.8, 4) is 17.0 Å². The molecule has 0 aliphatic rings. The number of rotatable bonds is 8. The summed E-state index contributed by atoms with van der Waals surface area (Å²) < 4.78 is 6.85. The van der Waals surface area contributed by atoms with Crippen molar-refractivity contribution in [2.24, 2.45) is 0 Å². The number of benzene rings is 2. The number of hydrogen-bond donors (Lipinski definition) is 0. The van der Waals surface area contributed by atoms with Gasteiger partial charge in [-0.3, -0.25) is 9.88 Å². The van der Waals surface area contributed by atoms with E-state index in [-0.39, 0.29) is 0 Å². The maximum atomic E-state index is 5.75. The smallest absolute Gasteiger partial charge is 0.127 e. The van der Waals surface area contributed by atoms with Crippen molar-refractivity contribution >= 4 is 15.9 Å². The minimum Gasteiger partial charge on any atom is -0.496 e. The van der Waals surface area contributed by atoms with Crippen molar-refractivity contribution in [3.05, 3.63) is 81.5 Å². The minimum absolute atomic E-state index is 0.780. The molecule has 3 nitrogen and oxygen atoms in total. The zero-order valence-corrected chi connectivity index (χ0v) is 19.3. The molecule has 1 heterocycles. The van der Waals surface area contributed by atoms with E-state index < -0.39 is 0 Å². The molecular formula is C25H29BrN2O. The predicted octanol–water partition coefficient (Wildman–Crippen LogP) is 6.28. The van der Waals surface area contributed by atoms with Gasteiger partial charge in [-0.1, -0.05) is 60.1 Å². The van der Waals surface area contributed by atoms with Crippen LogP contribution in [0.25, 0.3) is 11.3 Å². The Morgan fingerprint density at radius 2 is 1.59 bits per heavy atom. The number of methoxy groups -OCH3 is 1. The standard InChI is InChI=1S/C25H29BrN2O/c1-5-19-8-7-9-20(6-2)25(19)23-14-24(29-4)21(15-27-23)17-28(3)16-18-10-12-22(26)13-11-18/h7-15H,5-6,16-17H2,1-4H3. The quantitative estimate of drug-likeness (QED) is 0.402. The predicted molar refractivity (Wildman–Crippen MR) is 124 cm³/mol. The molecule has 0 amide bonds. The van der Waals surface area contributed by atoms with Crippen LogP contribution in [0.5, 0.6) is 5.75 Å². The van der Waals surface area contributed by atoms with Crippen LogP contribution in [0.15, 0.2) is 59.2 Å². The molecule has 0 N–H and O–H groups in total. The van der Waals surface area contributed by atoms with Crippen molar-refractivity contribution in [3.63, 3.8) is 0 Å². The topological polar surface area (TPSA) is 25.4 Å². The van der Waals surface area contributed by atoms with Crippen molar-refractivity contribution in [1.82, 2.24) is 9.88 Å². The van der Waals surface area contributed by atoms with Crippen LogP contribution in [0.1, 0.15) is 36.1 Å². The van der Waals surface area contributed by atoms with Gasteiger partial charge in [-0.25, -0.2) is 0 Å². The molecule has 2 aromatic carbocycles. The van der Waals surface area contributed by atoms with Crippen molar-refractivity contribution in [2.45, 2.75) is 39.8 Å². The Bertz CT molecular complexity index is 931. The van der Waals surface area contributed by atoms with Crippen LogP contribution in [0.4, 0.5) is 0 Å². The third-order valence-corrected chi connectivity index (χ3v) is 5.75. The molecule has 0 spiro atoms. The van der Waals surface area contributed by atoms with E-state index in [4.69, 9.17) is 9.72 Å². The van der Waals surface area contributed by atoms with Crippen LogP contribution in [0.2, 0.25) is 0 Å². The van der Waals surface area contributed by atoms with E-state index in [1.807, 2.05) is 6.20 Å². The number of pyridine rings is 1. The molecule has 152 valence electrons. The molecule has 0 saturated carbocycles. The zero-order chi connectivity index (χ0) is 20.8. The summed E-state index contributed by atoms with van der Waals surface area (Å²) in [6.07, 6.45) is 3.95. The first-order chi connectivity index (χ1) is 14.0. The molecule has 0 fully saturated rings. The fraction of sp³-hybridized carbons (Fsp3) is 0.320. The largest absolute Gasteiger partial charge is 0.496 e. The van der Waals surface area contributed by atoms with Crippen LogP contribution in [-0.4, -0.2) is 24.0 Å². The second-order valence-electron chi connectivity index (χ2n) is 7.34. The van der Waals surface area contributed by atoms with Gasteiger partial charge in [0.2, 0.25) is 0 Å². The summed E-state index contributed by atoms with van der Waals surface area (Å²) in [5.74, 6) is 0.894. The maximum Gasteiger partial charge on any atom is 0.127 e. The minimum atomic E-state index is 0.780. The summed E-state index contributed by atoms with van der Waals surface area (Å²) in [7, 11) is 3.86. The molecule has 0 bridgehead atoms. The van der Waals surface area contributed by atoms with Gasteiger partial charge in [-0.05, 0) is 48.7 Å². The summed E-state index contributed by atoms with van der Waals surface area (Å²) in [5.41, 5.74) is 7.30. The molecule has 0 aliphatic carbocycles. The highest BCUT2D eigenvalue weighted by Crippen LogP contribution is 2.31. The Labute approximate surface area is 182 Å². The van der Waals surface area contributed by atoms with Gasteiger partial charge in [0.15, 0.2) is 0 Å². The van der Waals surface area contributed by atoms with Crippen molar-refractivity contribution in [1.29, 1.82) is 0 Å². The molecule has 4 heteroatoms.